The molecule has 3 aromatic carbocycles. The predicted molar refractivity (Wildman–Crippen MR) is 189 cm³/mol. The van der Waals surface area contributed by atoms with E-state index in [1.165, 1.54) is 10.1 Å². The van der Waals surface area contributed by atoms with Gasteiger partial charge in [-0.3, -0.25) is 0 Å². The third kappa shape index (κ3) is 7.99. The average Bonchev–Trinajstić information content (AvgIpc) is 3.71. The number of nitrogens with zero attached hydrogens (tertiary/aromatic N) is 3. The van der Waals surface area contributed by atoms with Crippen molar-refractivity contribution in [2.75, 3.05) is 24.7 Å². The van der Waals surface area contributed by atoms with Gasteiger partial charge in [0.1, 0.15) is 36.9 Å². The lowest BCUT2D eigenvalue weighted by molar-refractivity contribution is -0.0128. The van der Waals surface area contributed by atoms with Gasteiger partial charge in [0, 0.05) is 22.1 Å². The summed E-state index contributed by atoms with van der Waals surface area (Å²) in [5, 5.41) is 25.9. The highest BCUT2D eigenvalue weighted by molar-refractivity contribution is 7.91. The first-order valence-corrected chi connectivity index (χ1v) is 17.6. The highest BCUT2D eigenvalue weighted by atomic mass is 32.2. The number of sulfone groups is 1. The van der Waals surface area contributed by atoms with Crippen LogP contribution in [0.15, 0.2) is 81.5 Å². The van der Waals surface area contributed by atoms with Gasteiger partial charge < -0.3 is 14.6 Å². The van der Waals surface area contributed by atoms with Crippen molar-refractivity contribution >= 4 is 50.5 Å². The SMILES string of the molecule is CC#C[C@@H](CC1=NN=NC1)c1ccc(OCc2ccc3scc(-c4ccc(OCC5(O)CCS(=O)(=O)CC5)cc4C)c3c2)cc1.S. The van der Waals surface area contributed by atoms with Gasteiger partial charge in [-0.25, -0.2) is 8.42 Å². The fourth-order valence-electron chi connectivity index (χ4n) is 5.65. The van der Waals surface area contributed by atoms with E-state index in [4.69, 9.17) is 9.47 Å². The highest BCUT2D eigenvalue weighted by Crippen LogP contribution is 2.38. The van der Waals surface area contributed by atoms with Crippen molar-refractivity contribution < 1.29 is 23.0 Å². The topological polar surface area (TPSA) is 110 Å². The minimum Gasteiger partial charge on any atom is -0.491 e. The fraction of sp³-hybridized carbons (Fsp3) is 0.343. The molecule has 240 valence electrons. The molecular weight excluding hydrogens is 639 g/mol. The first-order valence-electron chi connectivity index (χ1n) is 14.9. The summed E-state index contributed by atoms with van der Waals surface area (Å²) in [6, 6.07) is 20.5. The molecule has 0 bridgehead atoms. The molecule has 11 heteroatoms. The third-order valence-corrected chi connectivity index (χ3v) is 11.0. The van der Waals surface area contributed by atoms with Crippen molar-refractivity contribution in [3.8, 4) is 34.5 Å². The number of benzene rings is 3. The molecule has 0 unspecified atom stereocenters. The lowest BCUT2D eigenvalue weighted by Crippen LogP contribution is -2.43. The summed E-state index contributed by atoms with van der Waals surface area (Å²) < 4.78 is 36.8. The molecule has 3 heterocycles. The van der Waals surface area contributed by atoms with Crippen LogP contribution in [0.2, 0.25) is 0 Å². The van der Waals surface area contributed by atoms with Crippen molar-refractivity contribution in [2.24, 2.45) is 15.4 Å². The Kier molecular flexibility index (Phi) is 10.5. The number of fused-ring (bicyclic) bond motifs is 1. The average molecular weight is 676 g/mol. The van der Waals surface area contributed by atoms with E-state index < -0.39 is 15.4 Å². The molecule has 1 atom stereocenters. The number of hydrogen-bond acceptors (Lipinski definition) is 9. The van der Waals surface area contributed by atoms with Crippen LogP contribution >= 0.6 is 24.8 Å². The summed E-state index contributed by atoms with van der Waals surface area (Å²) in [6.07, 6.45) is 1.11. The van der Waals surface area contributed by atoms with Crippen LogP contribution in [0.3, 0.4) is 0 Å². The molecule has 6 rings (SSSR count). The molecular formula is C35H37N3O5S3. The zero-order valence-electron chi connectivity index (χ0n) is 25.8. The molecule has 0 aliphatic carbocycles. The lowest BCUT2D eigenvalue weighted by atomic mass is 9.94. The van der Waals surface area contributed by atoms with Crippen LogP contribution in [-0.2, 0) is 16.4 Å². The quantitative estimate of drug-likeness (QED) is 0.179. The Bertz CT molecular complexity index is 1930. The van der Waals surface area contributed by atoms with Crippen LogP contribution in [0.1, 0.15) is 48.8 Å². The Morgan fingerprint density at radius 1 is 1.00 bits per heavy atom. The number of thiophene rings is 1. The molecule has 1 aromatic heterocycles. The van der Waals surface area contributed by atoms with E-state index in [1.807, 2.05) is 44.2 Å². The second-order valence-corrected chi connectivity index (χ2v) is 14.9. The zero-order valence-corrected chi connectivity index (χ0v) is 28.5. The van der Waals surface area contributed by atoms with Crippen LogP contribution in [0, 0.1) is 18.8 Å². The van der Waals surface area contributed by atoms with Gasteiger partial charge in [-0.05, 0) is 95.9 Å². The van der Waals surface area contributed by atoms with Gasteiger partial charge in [0.2, 0.25) is 0 Å². The van der Waals surface area contributed by atoms with Gasteiger partial charge in [-0.2, -0.15) is 18.6 Å². The van der Waals surface area contributed by atoms with E-state index >= 15 is 0 Å². The Morgan fingerprint density at radius 3 is 2.46 bits per heavy atom. The Morgan fingerprint density at radius 2 is 1.76 bits per heavy atom. The molecule has 2 aliphatic heterocycles. The number of aryl methyl sites for hydroxylation is 1. The molecule has 4 aromatic rings. The first-order chi connectivity index (χ1) is 21.7. The minimum atomic E-state index is -3.06. The normalized spacial score (nSPS) is 17.0. The van der Waals surface area contributed by atoms with E-state index in [0.29, 0.717) is 25.3 Å². The summed E-state index contributed by atoms with van der Waals surface area (Å²) in [6.45, 7) is 4.96. The molecule has 0 radical (unpaired) electrons. The fourth-order valence-corrected chi connectivity index (χ4v) is 8.18. The first kappa shape index (κ1) is 33.7. The number of hydrogen-bond donors (Lipinski definition) is 1. The van der Waals surface area contributed by atoms with Crippen molar-refractivity contribution in [3.63, 3.8) is 0 Å². The van der Waals surface area contributed by atoms with Crippen molar-refractivity contribution in [3.05, 3.63) is 82.7 Å². The van der Waals surface area contributed by atoms with Gasteiger partial charge in [0.05, 0.1) is 23.1 Å². The van der Waals surface area contributed by atoms with Crippen molar-refractivity contribution in [1.29, 1.82) is 0 Å². The number of rotatable bonds is 10. The molecule has 0 spiro atoms. The Hall–Kier alpha value is -3.69. The largest absolute Gasteiger partial charge is 0.491 e. The van der Waals surface area contributed by atoms with Crippen LogP contribution in [-0.4, -0.2) is 49.5 Å². The third-order valence-electron chi connectivity index (χ3n) is 8.34. The van der Waals surface area contributed by atoms with E-state index in [2.05, 4.69) is 63.0 Å². The Balaban J connectivity index is 0.00000417. The molecule has 1 fully saturated rings. The number of aliphatic hydroxyl groups is 1. The van der Waals surface area contributed by atoms with Gasteiger partial charge >= 0.3 is 0 Å². The van der Waals surface area contributed by atoms with Gasteiger partial charge in [-0.1, -0.05) is 30.2 Å². The Labute approximate surface area is 280 Å². The zero-order chi connectivity index (χ0) is 31.4. The summed E-state index contributed by atoms with van der Waals surface area (Å²) >= 11 is 1.71. The minimum absolute atomic E-state index is 0. The summed E-state index contributed by atoms with van der Waals surface area (Å²) in [4.78, 5) is 0. The molecule has 46 heavy (non-hydrogen) atoms. The van der Waals surface area contributed by atoms with Crippen molar-refractivity contribution in [1.82, 2.24) is 0 Å². The molecule has 1 N–H and O–H groups in total. The molecule has 2 aliphatic rings. The van der Waals surface area contributed by atoms with Gasteiger partial charge in [0.15, 0.2) is 9.84 Å². The molecule has 0 amide bonds. The van der Waals surface area contributed by atoms with Gasteiger partial charge in [0.25, 0.3) is 0 Å². The van der Waals surface area contributed by atoms with E-state index in [0.717, 1.165) is 39.3 Å². The van der Waals surface area contributed by atoms with E-state index in [1.54, 1.807) is 11.3 Å². The molecule has 1 saturated heterocycles. The number of ether oxygens (including phenoxy) is 2. The predicted octanol–water partition coefficient (Wildman–Crippen LogP) is 7.21. The van der Waals surface area contributed by atoms with Gasteiger partial charge in [-0.15, -0.1) is 22.4 Å². The maximum atomic E-state index is 11.7. The maximum absolute atomic E-state index is 11.7. The summed E-state index contributed by atoms with van der Waals surface area (Å²) in [7, 11) is -3.06. The monoisotopic (exact) mass is 675 g/mol. The lowest BCUT2D eigenvalue weighted by Gasteiger charge is -2.31. The van der Waals surface area contributed by atoms with Crippen LogP contribution < -0.4 is 9.47 Å². The van der Waals surface area contributed by atoms with Crippen LogP contribution in [0.25, 0.3) is 21.2 Å². The van der Waals surface area contributed by atoms with Crippen molar-refractivity contribution in [2.45, 2.75) is 51.2 Å². The standard InChI is InChI=1S/C35H35N3O5S2.H2S/c1-3-4-27(19-28-20-36-38-37-28)26-6-8-29(9-7-26)42-21-25-5-12-34-32(18-25)33(22-44-34)31-11-10-30(17-24(31)2)43-23-35(39)13-15-45(40,41)16-14-35;/h5-12,17-18,22,27,39H,13-16,19-21,23H2,1-2H3;1H2/t27-;/m0./s1. The second kappa shape index (κ2) is 14.4. The highest BCUT2D eigenvalue weighted by Gasteiger charge is 2.36. The van der Waals surface area contributed by atoms with Crippen LogP contribution in [0.4, 0.5) is 0 Å². The van der Waals surface area contributed by atoms with E-state index in [9.17, 15) is 13.5 Å². The van der Waals surface area contributed by atoms with Crippen LogP contribution in [0.5, 0.6) is 11.5 Å². The molecule has 0 saturated carbocycles. The van der Waals surface area contributed by atoms with E-state index in [-0.39, 0.29) is 50.4 Å². The smallest absolute Gasteiger partial charge is 0.150 e. The summed E-state index contributed by atoms with van der Waals surface area (Å²) in [5.41, 5.74) is 5.34. The maximum Gasteiger partial charge on any atom is 0.150 e. The second-order valence-electron chi connectivity index (χ2n) is 11.7. The molecule has 8 nitrogen and oxygen atoms in total. The summed E-state index contributed by atoms with van der Waals surface area (Å²) in [5.74, 6) is 7.79.